The number of halogens is 4. The Labute approximate surface area is 215 Å². The molecule has 2 aromatic carbocycles. The van der Waals surface area contributed by atoms with E-state index in [1.165, 1.54) is 66.4 Å². The van der Waals surface area contributed by atoms with Crippen molar-refractivity contribution in [1.29, 1.82) is 5.26 Å². The van der Waals surface area contributed by atoms with E-state index in [2.05, 4.69) is 5.32 Å². The summed E-state index contributed by atoms with van der Waals surface area (Å²) in [6, 6.07) is 12.5. The number of methoxy groups -OCH3 is 1. The summed E-state index contributed by atoms with van der Waals surface area (Å²) < 4.78 is 46.9. The molecule has 0 amide bonds. The lowest BCUT2D eigenvalue weighted by Gasteiger charge is -2.26. The number of rotatable bonds is 9. The van der Waals surface area contributed by atoms with Gasteiger partial charge in [0, 0.05) is 34.4 Å². The third-order valence-corrected chi connectivity index (χ3v) is 6.14. The van der Waals surface area contributed by atoms with Crippen LogP contribution in [0.4, 0.5) is 18.9 Å². The fraction of sp³-hybridized carbons (Fsp3) is 0.269. The van der Waals surface area contributed by atoms with E-state index in [0.29, 0.717) is 16.3 Å². The van der Waals surface area contributed by atoms with E-state index in [4.69, 9.17) is 21.4 Å². The zero-order valence-electron chi connectivity index (χ0n) is 19.8. The predicted molar refractivity (Wildman–Crippen MR) is 133 cm³/mol. The fourth-order valence-electron chi connectivity index (χ4n) is 3.83. The third kappa shape index (κ3) is 6.62. The second-order valence-electron chi connectivity index (χ2n) is 8.40. The number of hydrogen-bond acceptors (Lipinski definition) is 5. The number of carboxylic acids is 1. The molecule has 2 N–H and O–H groups in total. The van der Waals surface area contributed by atoms with Gasteiger partial charge in [-0.3, -0.25) is 4.79 Å². The highest BCUT2D eigenvalue weighted by Gasteiger charge is 2.37. The number of benzene rings is 2. The average Bonchev–Trinajstić information content (AvgIpc) is 2.86. The summed E-state index contributed by atoms with van der Waals surface area (Å²) in [5.41, 5.74) is 0.817. The molecule has 0 saturated carbocycles. The lowest BCUT2D eigenvalue weighted by atomic mass is 9.98. The number of hydrogen-bond donors (Lipinski definition) is 2. The minimum absolute atomic E-state index is 0.0575. The number of ether oxygens (including phenoxy) is 1. The molecule has 1 aromatic heterocycles. The van der Waals surface area contributed by atoms with Crippen LogP contribution >= 0.6 is 11.6 Å². The van der Waals surface area contributed by atoms with Crippen LogP contribution in [0, 0.1) is 17.2 Å². The van der Waals surface area contributed by atoms with Crippen molar-refractivity contribution in [3.8, 4) is 22.9 Å². The third-order valence-electron chi connectivity index (χ3n) is 5.91. The number of nitrogens with zero attached hydrogens (tertiary/aromatic N) is 2. The molecule has 0 bridgehead atoms. The van der Waals surface area contributed by atoms with Crippen LogP contribution in [0.5, 0.6) is 5.75 Å². The fourth-order valence-corrected chi connectivity index (χ4v) is 4.00. The highest BCUT2D eigenvalue weighted by molar-refractivity contribution is 6.31. The number of carboxylic acid groups (broad SMARTS) is 1. The van der Waals surface area contributed by atoms with Gasteiger partial charge in [0.15, 0.2) is 0 Å². The van der Waals surface area contributed by atoms with Gasteiger partial charge in [0.1, 0.15) is 5.75 Å². The van der Waals surface area contributed by atoms with Crippen LogP contribution in [-0.2, 0) is 0 Å². The van der Waals surface area contributed by atoms with Crippen molar-refractivity contribution in [3.05, 3.63) is 81.2 Å². The molecule has 0 fully saturated rings. The first-order valence-electron chi connectivity index (χ1n) is 11.1. The molecule has 3 rings (SSSR count). The molecule has 0 radical (unpaired) electrons. The summed E-state index contributed by atoms with van der Waals surface area (Å²) in [4.78, 5) is 24.3. The lowest BCUT2D eigenvalue weighted by molar-refractivity contribution is -0.173. The van der Waals surface area contributed by atoms with Gasteiger partial charge in [0.25, 0.3) is 5.56 Å². The SMILES string of the molecule is COc1cn(C(CNc2ccc(C(=O)O)cc2)CC(C)C(F)(F)F)c(=O)cc1-c1cc(Cl)ccc1C#N. The average molecular weight is 534 g/mol. The minimum Gasteiger partial charge on any atom is -0.495 e. The normalized spacial score (nSPS) is 12.9. The van der Waals surface area contributed by atoms with Gasteiger partial charge in [-0.15, -0.1) is 0 Å². The van der Waals surface area contributed by atoms with Crippen molar-refractivity contribution in [3.63, 3.8) is 0 Å². The van der Waals surface area contributed by atoms with Gasteiger partial charge in [-0.05, 0) is 48.9 Å². The highest BCUT2D eigenvalue weighted by atomic mass is 35.5. The predicted octanol–water partition coefficient (Wildman–Crippen LogP) is 5.99. The van der Waals surface area contributed by atoms with Crippen LogP contribution in [0.25, 0.3) is 11.1 Å². The summed E-state index contributed by atoms with van der Waals surface area (Å²) in [6.45, 7) is 0.978. The number of aromatic nitrogens is 1. The van der Waals surface area contributed by atoms with Crippen LogP contribution in [0.1, 0.15) is 35.3 Å². The molecule has 1 heterocycles. The Kier molecular flexibility index (Phi) is 8.50. The number of nitrogens with one attached hydrogen (secondary N) is 1. The first-order chi connectivity index (χ1) is 17.4. The van der Waals surface area contributed by atoms with Gasteiger partial charge >= 0.3 is 12.1 Å². The van der Waals surface area contributed by atoms with Gasteiger partial charge in [-0.25, -0.2) is 4.79 Å². The number of anilines is 1. The Balaban J connectivity index is 2.02. The summed E-state index contributed by atoms with van der Waals surface area (Å²) >= 11 is 6.09. The van der Waals surface area contributed by atoms with Crippen molar-refractivity contribution in [2.45, 2.75) is 25.6 Å². The maximum absolute atomic E-state index is 13.4. The van der Waals surface area contributed by atoms with Crippen molar-refractivity contribution >= 4 is 23.3 Å². The lowest BCUT2D eigenvalue weighted by Crippen LogP contribution is -2.33. The van der Waals surface area contributed by atoms with E-state index in [1.807, 2.05) is 6.07 Å². The zero-order chi connectivity index (χ0) is 27.3. The van der Waals surface area contributed by atoms with Crippen molar-refractivity contribution in [2.24, 2.45) is 5.92 Å². The maximum Gasteiger partial charge on any atom is 0.391 e. The summed E-state index contributed by atoms with van der Waals surface area (Å²) in [5, 5.41) is 21.8. The second kappa shape index (κ2) is 11.4. The Morgan fingerprint density at radius 2 is 1.86 bits per heavy atom. The van der Waals surface area contributed by atoms with E-state index in [9.17, 15) is 28.0 Å². The van der Waals surface area contributed by atoms with Gasteiger partial charge in [-0.1, -0.05) is 18.5 Å². The molecule has 11 heteroatoms. The van der Waals surface area contributed by atoms with Crippen molar-refractivity contribution in [2.75, 3.05) is 19.0 Å². The number of carbonyl (C=O) groups is 1. The molecule has 2 atom stereocenters. The molecule has 2 unspecified atom stereocenters. The largest absolute Gasteiger partial charge is 0.495 e. The molecule has 0 saturated heterocycles. The number of nitriles is 1. The molecule has 0 aliphatic rings. The molecule has 3 aromatic rings. The monoisotopic (exact) mass is 533 g/mol. The molecule has 194 valence electrons. The van der Waals surface area contributed by atoms with E-state index in [-0.39, 0.29) is 29.0 Å². The summed E-state index contributed by atoms with van der Waals surface area (Å²) in [7, 11) is 1.35. The van der Waals surface area contributed by atoms with Crippen LogP contribution in [0.3, 0.4) is 0 Å². The first kappa shape index (κ1) is 27.6. The molecular formula is C26H23ClF3N3O4. The Morgan fingerprint density at radius 1 is 1.19 bits per heavy atom. The van der Waals surface area contributed by atoms with Crippen molar-refractivity contribution < 1.29 is 27.8 Å². The molecule has 37 heavy (non-hydrogen) atoms. The quantitative estimate of drug-likeness (QED) is 0.350. The molecule has 7 nitrogen and oxygen atoms in total. The van der Waals surface area contributed by atoms with Crippen LogP contribution in [0.15, 0.2) is 59.5 Å². The van der Waals surface area contributed by atoms with Crippen LogP contribution in [0.2, 0.25) is 5.02 Å². The van der Waals surface area contributed by atoms with Crippen LogP contribution in [-0.4, -0.2) is 35.5 Å². The second-order valence-corrected chi connectivity index (χ2v) is 8.83. The topological polar surface area (TPSA) is 104 Å². The Bertz CT molecular complexity index is 1380. The molecule has 0 aliphatic heterocycles. The summed E-state index contributed by atoms with van der Waals surface area (Å²) in [5.74, 6) is -2.65. The van der Waals surface area contributed by atoms with Gasteiger partial charge in [0.2, 0.25) is 0 Å². The minimum atomic E-state index is -4.47. The smallest absolute Gasteiger partial charge is 0.391 e. The standard InChI is InChI=1S/C26H23ClF3N3O4/c1-15(26(28,29)30)9-20(13-32-19-7-4-16(5-8-19)25(35)36)33-14-23(37-2)22(11-24(33)34)21-10-18(27)6-3-17(21)12-31/h3-8,10-11,14-15,20,32H,9,13H2,1-2H3,(H,35,36). The molecular weight excluding hydrogens is 511 g/mol. The van der Waals surface area contributed by atoms with Gasteiger partial charge in [-0.2, -0.15) is 18.4 Å². The molecule has 0 spiro atoms. The van der Waals surface area contributed by atoms with Crippen molar-refractivity contribution in [1.82, 2.24) is 4.57 Å². The highest BCUT2D eigenvalue weighted by Crippen LogP contribution is 2.35. The Hall–Kier alpha value is -3.97. The van der Waals surface area contributed by atoms with Gasteiger partial charge < -0.3 is 19.7 Å². The van der Waals surface area contributed by atoms with E-state index >= 15 is 0 Å². The number of aromatic carboxylic acids is 1. The maximum atomic E-state index is 13.4. The number of alkyl halides is 3. The van der Waals surface area contributed by atoms with E-state index in [0.717, 1.165) is 6.92 Å². The first-order valence-corrected chi connectivity index (χ1v) is 11.5. The van der Waals surface area contributed by atoms with Gasteiger partial charge in [0.05, 0.1) is 42.5 Å². The summed E-state index contributed by atoms with van der Waals surface area (Å²) in [6.07, 6.45) is -3.56. The molecule has 0 aliphatic carbocycles. The van der Waals surface area contributed by atoms with E-state index < -0.39 is 36.1 Å². The van der Waals surface area contributed by atoms with Crippen LogP contribution < -0.4 is 15.6 Å². The Morgan fingerprint density at radius 3 is 2.43 bits per heavy atom. The zero-order valence-corrected chi connectivity index (χ0v) is 20.6. The van der Waals surface area contributed by atoms with E-state index in [1.54, 1.807) is 0 Å². The number of pyridine rings is 1.